The van der Waals surface area contributed by atoms with E-state index >= 15 is 0 Å². The molecule has 0 aliphatic carbocycles. The molecule has 38 heavy (non-hydrogen) atoms. The Bertz CT molecular complexity index is 1680. The van der Waals surface area contributed by atoms with Crippen LogP contribution in [0.1, 0.15) is 12.7 Å². The second-order valence-electron chi connectivity index (χ2n) is 7.69. The summed E-state index contributed by atoms with van der Waals surface area (Å²) in [6.07, 6.45) is 1.68. The van der Waals surface area contributed by atoms with Crippen molar-refractivity contribution in [1.29, 1.82) is 0 Å². The lowest BCUT2D eigenvalue weighted by Crippen LogP contribution is -2.23. The third-order valence-corrected chi connectivity index (χ3v) is 6.34. The Morgan fingerprint density at radius 3 is 2.21 bits per heavy atom. The summed E-state index contributed by atoms with van der Waals surface area (Å²) in [6, 6.07) is 14.5. The molecule has 0 spiro atoms. The van der Waals surface area contributed by atoms with E-state index in [-0.39, 0.29) is 5.56 Å². The summed E-state index contributed by atoms with van der Waals surface area (Å²) >= 11 is 7.17. The Balaban J connectivity index is 0.000000786. The van der Waals surface area contributed by atoms with Gasteiger partial charge < -0.3 is 23.7 Å². The van der Waals surface area contributed by atoms with Crippen molar-refractivity contribution in [3.8, 4) is 40.0 Å². The largest absolute Gasteiger partial charge is 0.493 e. The predicted molar refractivity (Wildman–Crippen MR) is 143 cm³/mol. The number of hydrogen-bond acceptors (Lipinski definition) is 9. The number of methoxy groups -OCH3 is 3. The van der Waals surface area contributed by atoms with E-state index in [1.807, 2.05) is 18.2 Å². The molecule has 1 N–H and O–H groups in total. The summed E-state index contributed by atoms with van der Waals surface area (Å²) in [5.74, 6) is 2.18. The average Bonchev–Trinajstić information content (AvgIpc) is 3.60. The first-order chi connectivity index (χ1) is 18.2. The lowest BCUT2D eigenvalue weighted by Gasteiger charge is -2.12. The van der Waals surface area contributed by atoms with Gasteiger partial charge in [-0.3, -0.25) is 9.59 Å². The summed E-state index contributed by atoms with van der Waals surface area (Å²) in [6.45, 7) is 1.08. The van der Waals surface area contributed by atoms with Gasteiger partial charge in [-0.25, -0.2) is 0 Å². The molecule has 3 heterocycles. The van der Waals surface area contributed by atoms with E-state index in [4.69, 9.17) is 40.1 Å². The van der Waals surface area contributed by atoms with Gasteiger partial charge in [0, 0.05) is 29.1 Å². The normalized spacial score (nSPS) is 11.2. The molecule has 196 valence electrons. The van der Waals surface area contributed by atoms with Crippen LogP contribution in [-0.2, 0) is 4.79 Å². The van der Waals surface area contributed by atoms with Crippen molar-refractivity contribution >= 4 is 39.9 Å². The number of hydrogen-bond donors (Lipinski definition) is 1. The van der Waals surface area contributed by atoms with Crippen LogP contribution in [-0.4, -0.2) is 47.0 Å². The zero-order valence-corrected chi connectivity index (χ0v) is 22.3. The zero-order chi connectivity index (χ0) is 27.4. The summed E-state index contributed by atoms with van der Waals surface area (Å²) in [4.78, 5) is 26.9. The molecule has 0 unspecified atom stereocenters. The standard InChI is InChI=1S/C24H18ClN3O5S.C2H4O2/c1-30-18-10-14(11-19(31-2)21(18)32-3)22-26-24-28(27-22)23(29)20(34-24)12-16-8-9-17(33-16)13-4-6-15(25)7-5-13;1-2(3)4/h4-12H,1-3H3;1H3,(H,3,4). The number of ether oxygens (including phenoxy) is 3. The highest BCUT2D eigenvalue weighted by Crippen LogP contribution is 2.40. The Kier molecular flexibility index (Phi) is 7.99. The van der Waals surface area contributed by atoms with Crippen LogP contribution < -0.4 is 24.3 Å². The van der Waals surface area contributed by atoms with Crippen molar-refractivity contribution in [3.63, 3.8) is 0 Å². The van der Waals surface area contributed by atoms with Gasteiger partial charge in [0.1, 0.15) is 16.1 Å². The number of fused-ring (bicyclic) bond motifs is 1. The van der Waals surface area contributed by atoms with Crippen molar-refractivity contribution in [3.05, 3.63) is 74.2 Å². The molecule has 0 aliphatic rings. The lowest BCUT2D eigenvalue weighted by atomic mass is 10.1. The second kappa shape index (κ2) is 11.4. The second-order valence-corrected chi connectivity index (χ2v) is 9.13. The number of thiazole rings is 1. The number of aromatic nitrogens is 3. The molecule has 2 aromatic carbocycles. The van der Waals surface area contributed by atoms with Crippen LogP contribution in [0.25, 0.3) is 33.7 Å². The SMILES string of the molecule is CC(=O)O.COc1cc(-c2nc3sc(=Cc4ccc(-c5ccc(Cl)cc5)o4)c(=O)n3n2)cc(OC)c1OC. The molecular formula is C26H22ClN3O7S. The molecule has 5 rings (SSSR count). The lowest BCUT2D eigenvalue weighted by molar-refractivity contribution is -0.134. The molecule has 0 atom stereocenters. The van der Waals surface area contributed by atoms with Gasteiger partial charge in [-0.15, -0.1) is 5.10 Å². The predicted octanol–water partition coefficient (Wildman–Crippen LogP) is 4.40. The molecule has 0 saturated heterocycles. The number of furan rings is 1. The average molecular weight is 556 g/mol. The number of carboxylic acids is 1. The Morgan fingerprint density at radius 1 is 1.03 bits per heavy atom. The smallest absolute Gasteiger partial charge is 0.300 e. The Labute approximate surface area is 225 Å². The van der Waals surface area contributed by atoms with Crippen LogP contribution in [0.3, 0.4) is 0 Å². The van der Waals surface area contributed by atoms with Crippen molar-refractivity contribution in [2.75, 3.05) is 21.3 Å². The molecule has 10 nitrogen and oxygen atoms in total. The molecule has 0 aliphatic heterocycles. The maximum Gasteiger partial charge on any atom is 0.300 e. The van der Waals surface area contributed by atoms with E-state index < -0.39 is 5.97 Å². The fourth-order valence-corrected chi connectivity index (χ4v) is 4.51. The van der Waals surface area contributed by atoms with Crippen LogP contribution >= 0.6 is 22.9 Å². The van der Waals surface area contributed by atoms with Gasteiger partial charge in [0.15, 0.2) is 17.3 Å². The number of carbonyl (C=O) groups is 1. The van der Waals surface area contributed by atoms with Crippen LogP contribution in [0.5, 0.6) is 17.2 Å². The van der Waals surface area contributed by atoms with Gasteiger partial charge in [-0.2, -0.15) is 9.50 Å². The van der Waals surface area contributed by atoms with Crippen LogP contribution in [0, 0.1) is 0 Å². The first-order valence-electron chi connectivity index (χ1n) is 11.0. The van der Waals surface area contributed by atoms with Crippen molar-refractivity contribution in [1.82, 2.24) is 14.6 Å². The van der Waals surface area contributed by atoms with Gasteiger partial charge in [-0.05, 0) is 48.5 Å². The van der Waals surface area contributed by atoms with E-state index in [1.54, 1.807) is 36.4 Å². The quantitative estimate of drug-likeness (QED) is 0.324. The van der Waals surface area contributed by atoms with Gasteiger partial charge in [0.2, 0.25) is 10.7 Å². The maximum absolute atomic E-state index is 13.0. The number of benzene rings is 2. The molecule has 0 saturated carbocycles. The summed E-state index contributed by atoms with van der Waals surface area (Å²) in [5, 5.41) is 12.5. The Hall–Kier alpha value is -4.35. The highest BCUT2D eigenvalue weighted by Gasteiger charge is 2.18. The highest BCUT2D eigenvalue weighted by molar-refractivity contribution is 7.15. The Morgan fingerprint density at radius 2 is 1.66 bits per heavy atom. The molecule has 0 radical (unpaired) electrons. The van der Waals surface area contributed by atoms with Gasteiger partial charge >= 0.3 is 0 Å². The molecule has 0 bridgehead atoms. The third kappa shape index (κ3) is 5.63. The first-order valence-corrected chi connectivity index (χ1v) is 12.2. The van der Waals surface area contributed by atoms with E-state index in [2.05, 4.69) is 10.1 Å². The van der Waals surface area contributed by atoms with Crippen molar-refractivity contribution in [2.45, 2.75) is 6.92 Å². The molecule has 3 aromatic heterocycles. The van der Waals surface area contributed by atoms with Gasteiger partial charge in [0.05, 0.1) is 21.3 Å². The number of carboxylic acid groups (broad SMARTS) is 1. The van der Waals surface area contributed by atoms with Crippen LogP contribution in [0.15, 0.2) is 57.7 Å². The highest BCUT2D eigenvalue weighted by atomic mass is 35.5. The minimum absolute atomic E-state index is 0.282. The summed E-state index contributed by atoms with van der Waals surface area (Å²) in [5.41, 5.74) is 1.24. The summed E-state index contributed by atoms with van der Waals surface area (Å²) < 4.78 is 23.8. The van der Waals surface area contributed by atoms with Crippen LogP contribution in [0.4, 0.5) is 0 Å². The number of aliphatic carboxylic acids is 1. The number of nitrogens with zero attached hydrogens (tertiary/aromatic N) is 3. The molecule has 0 fully saturated rings. The molecule has 5 aromatic rings. The van der Waals surface area contributed by atoms with E-state index in [9.17, 15) is 4.79 Å². The third-order valence-electron chi connectivity index (χ3n) is 5.13. The monoisotopic (exact) mass is 555 g/mol. The van der Waals surface area contributed by atoms with E-state index in [0.717, 1.165) is 12.5 Å². The molecule has 0 amide bonds. The first kappa shape index (κ1) is 26.7. The maximum atomic E-state index is 13.0. The minimum atomic E-state index is -0.833. The van der Waals surface area contributed by atoms with Crippen molar-refractivity contribution in [2.24, 2.45) is 0 Å². The number of halogens is 1. The van der Waals surface area contributed by atoms with E-state index in [1.165, 1.54) is 37.2 Å². The van der Waals surface area contributed by atoms with Crippen LogP contribution in [0.2, 0.25) is 5.02 Å². The number of rotatable bonds is 6. The van der Waals surface area contributed by atoms with Crippen molar-refractivity contribution < 1.29 is 28.5 Å². The van der Waals surface area contributed by atoms with E-state index in [0.29, 0.717) is 54.7 Å². The summed E-state index contributed by atoms with van der Waals surface area (Å²) in [7, 11) is 4.60. The minimum Gasteiger partial charge on any atom is -0.493 e. The topological polar surface area (TPSA) is 125 Å². The fourth-order valence-electron chi connectivity index (χ4n) is 3.50. The van der Waals surface area contributed by atoms with Gasteiger partial charge in [-0.1, -0.05) is 22.9 Å². The fraction of sp³-hybridized carbons (Fsp3) is 0.154. The van der Waals surface area contributed by atoms with Gasteiger partial charge in [0.25, 0.3) is 11.5 Å². The molecular weight excluding hydrogens is 534 g/mol. The molecule has 12 heteroatoms. The zero-order valence-electron chi connectivity index (χ0n) is 20.7.